The SMILES string of the molecule is O=C(Nc1ccc(OC(F)(F)F)cc1)c1ccc(N2C(=O)CCC2=O)cc1. The molecule has 140 valence electrons. The van der Waals surface area contributed by atoms with Crippen molar-refractivity contribution in [3.8, 4) is 5.75 Å². The Morgan fingerprint density at radius 3 is 2.00 bits per heavy atom. The Hall–Kier alpha value is -3.36. The van der Waals surface area contributed by atoms with E-state index in [9.17, 15) is 27.6 Å². The van der Waals surface area contributed by atoms with Crippen molar-refractivity contribution in [3.63, 3.8) is 0 Å². The maximum Gasteiger partial charge on any atom is 0.573 e. The highest BCUT2D eigenvalue weighted by molar-refractivity contribution is 6.20. The third kappa shape index (κ3) is 4.43. The van der Waals surface area contributed by atoms with Gasteiger partial charge in [-0.3, -0.25) is 19.3 Å². The zero-order chi connectivity index (χ0) is 19.6. The van der Waals surface area contributed by atoms with Gasteiger partial charge in [-0.15, -0.1) is 13.2 Å². The highest BCUT2D eigenvalue weighted by atomic mass is 19.4. The Morgan fingerprint density at radius 1 is 0.926 bits per heavy atom. The molecule has 27 heavy (non-hydrogen) atoms. The van der Waals surface area contributed by atoms with Crippen LogP contribution in [0, 0.1) is 0 Å². The summed E-state index contributed by atoms with van der Waals surface area (Å²) in [5.74, 6) is -1.48. The molecule has 0 saturated carbocycles. The number of benzene rings is 2. The number of rotatable bonds is 4. The minimum Gasteiger partial charge on any atom is -0.406 e. The average Bonchev–Trinajstić information content (AvgIpc) is 2.94. The van der Waals surface area contributed by atoms with Gasteiger partial charge in [0.25, 0.3) is 5.91 Å². The molecule has 0 atom stereocenters. The second kappa shape index (κ2) is 7.10. The number of alkyl halides is 3. The summed E-state index contributed by atoms with van der Waals surface area (Å²) in [6.45, 7) is 0. The van der Waals surface area contributed by atoms with E-state index in [1.807, 2.05) is 0 Å². The van der Waals surface area contributed by atoms with Gasteiger partial charge in [-0.2, -0.15) is 0 Å². The van der Waals surface area contributed by atoms with Crippen LogP contribution < -0.4 is 15.0 Å². The first kappa shape index (κ1) is 18.4. The van der Waals surface area contributed by atoms with E-state index >= 15 is 0 Å². The molecule has 1 fully saturated rings. The predicted molar refractivity (Wildman–Crippen MR) is 89.2 cm³/mol. The summed E-state index contributed by atoms with van der Waals surface area (Å²) in [7, 11) is 0. The molecule has 1 saturated heterocycles. The van der Waals surface area contributed by atoms with Gasteiger partial charge in [0.1, 0.15) is 5.75 Å². The molecular formula is C18H13F3N2O4. The number of imide groups is 1. The third-order valence-corrected chi connectivity index (χ3v) is 3.78. The van der Waals surface area contributed by atoms with Crippen molar-refractivity contribution in [2.24, 2.45) is 0 Å². The Morgan fingerprint density at radius 2 is 1.48 bits per heavy atom. The van der Waals surface area contributed by atoms with Gasteiger partial charge in [0.2, 0.25) is 11.8 Å². The molecule has 1 aliphatic heterocycles. The summed E-state index contributed by atoms with van der Waals surface area (Å²) in [4.78, 5) is 36.7. The molecule has 0 spiro atoms. The molecule has 3 rings (SSSR count). The van der Waals surface area contributed by atoms with E-state index in [1.165, 1.54) is 36.4 Å². The van der Waals surface area contributed by atoms with Gasteiger partial charge in [-0.1, -0.05) is 0 Å². The van der Waals surface area contributed by atoms with Gasteiger partial charge in [-0.05, 0) is 48.5 Å². The number of carbonyl (C=O) groups is 3. The van der Waals surface area contributed by atoms with Crippen molar-refractivity contribution in [2.45, 2.75) is 19.2 Å². The van der Waals surface area contributed by atoms with E-state index in [2.05, 4.69) is 10.1 Å². The topological polar surface area (TPSA) is 75.7 Å². The van der Waals surface area contributed by atoms with Crippen LogP contribution in [0.4, 0.5) is 24.5 Å². The molecule has 0 bridgehead atoms. The van der Waals surface area contributed by atoms with Crippen molar-refractivity contribution in [3.05, 3.63) is 54.1 Å². The number of nitrogens with zero attached hydrogens (tertiary/aromatic N) is 1. The number of ether oxygens (including phenoxy) is 1. The minimum atomic E-state index is -4.79. The monoisotopic (exact) mass is 378 g/mol. The molecule has 9 heteroatoms. The van der Waals surface area contributed by atoms with Crippen LogP contribution in [0.3, 0.4) is 0 Å². The van der Waals surface area contributed by atoms with Gasteiger partial charge in [0.05, 0.1) is 5.69 Å². The number of hydrogen-bond donors (Lipinski definition) is 1. The van der Waals surface area contributed by atoms with Crippen molar-refractivity contribution in [1.29, 1.82) is 0 Å². The molecule has 0 aromatic heterocycles. The first-order valence-corrected chi connectivity index (χ1v) is 7.86. The number of carbonyl (C=O) groups excluding carboxylic acids is 3. The fraction of sp³-hybridized carbons (Fsp3) is 0.167. The first-order valence-electron chi connectivity index (χ1n) is 7.86. The molecule has 0 unspecified atom stereocenters. The van der Waals surface area contributed by atoms with Crippen LogP contribution in [0.25, 0.3) is 0 Å². The maximum absolute atomic E-state index is 12.2. The Bertz CT molecular complexity index is 861. The van der Waals surface area contributed by atoms with Gasteiger partial charge in [0.15, 0.2) is 0 Å². The molecule has 2 aromatic carbocycles. The quantitative estimate of drug-likeness (QED) is 0.827. The molecule has 1 aliphatic rings. The zero-order valence-electron chi connectivity index (χ0n) is 13.7. The van der Waals surface area contributed by atoms with Crippen LogP contribution in [-0.4, -0.2) is 24.1 Å². The lowest BCUT2D eigenvalue weighted by Crippen LogP contribution is -2.28. The summed E-state index contributed by atoms with van der Waals surface area (Å²) in [5, 5.41) is 2.53. The Balaban J connectivity index is 1.66. The molecular weight excluding hydrogens is 365 g/mol. The van der Waals surface area contributed by atoms with E-state index in [0.29, 0.717) is 5.69 Å². The summed E-state index contributed by atoms with van der Waals surface area (Å²) < 4.78 is 40.1. The summed E-state index contributed by atoms with van der Waals surface area (Å²) >= 11 is 0. The summed E-state index contributed by atoms with van der Waals surface area (Å²) in [6, 6.07) is 10.6. The lowest BCUT2D eigenvalue weighted by Gasteiger charge is -2.14. The smallest absolute Gasteiger partial charge is 0.406 e. The van der Waals surface area contributed by atoms with E-state index in [0.717, 1.165) is 17.0 Å². The normalized spacial score (nSPS) is 14.4. The predicted octanol–water partition coefficient (Wildman–Crippen LogP) is 3.49. The minimum absolute atomic E-state index is 0.162. The largest absolute Gasteiger partial charge is 0.573 e. The molecule has 1 N–H and O–H groups in total. The maximum atomic E-state index is 12.2. The second-order valence-electron chi connectivity index (χ2n) is 5.70. The van der Waals surface area contributed by atoms with Crippen LogP contribution in [0.5, 0.6) is 5.75 Å². The number of nitrogens with one attached hydrogen (secondary N) is 1. The summed E-state index contributed by atoms with van der Waals surface area (Å²) in [5.41, 5.74) is 0.921. The van der Waals surface area contributed by atoms with Crippen molar-refractivity contribution in [2.75, 3.05) is 10.2 Å². The van der Waals surface area contributed by atoms with Crippen molar-refractivity contribution in [1.82, 2.24) is 0 Å². The van der Waals surface area contributed by atoms with E-state index < -0.39 is 18.0 Å². The molecule has 0 aliphatic carbocycles. The molecule has 6 nitrogen and oxygen atoms in total. The summed E-state index contributed by atoms with van der Waals surface area (Å²) in [6.07, 6.45) is -4.46. The van der Waals surface area contributed by atoms with Gasteiger partial charge < -0.3 is 10.1 Å². The van der Waals surface area contributed by atoms with Crippen LogP contribution >= 0.6 is 0 Å². The van der Waals surface area contributed by atoms with Crippen molar-refractivity contribution < 1.29 is 32.3 Å². The molecule has 1 heterocycles. The van der Waals surface area contributed by atoms with Gasteiger partial charge >= 0.3 is 6.36 Å². The number of halogens is 3. The molecule has 2 aromatic rings. The highest BCUT2D eigenvalue weighted by Gasteiger charge is 2.31. The van der Waals surface area contributed by atoms with Gasteiger partial charge in [-0.25, -0.2) is 0 Å². The van der Waals surface area contributed by atoms with Crippen molar-refractivity contribution >= 4 is 29.1 Å². The highest BCUT2D eigenvalue weighted by Crippen LogP contribution is 2.25. The van der Waals surface area contributed by atoms with Crippen LogP contribution in [0.15, 0.2) is 48.5 Å². The van der Waals surface area contributed by atoms with Crippen LogP contribution in [0.1, 0.15) is 23.2 Å². The first-order chi connectivity index (χ1) is 12.7. The average molecular weight is 378 g/mol. The van der Waals surface area contributed by atoms with Crippen LogP contribution in [-0.2, 0) is 9.59 Å². The van der Waals surface area contributed by atoms with Gasteiger partial charge in [0, 0.05) is 24.1 Å². The zero-order valence-corrected chi connectivity index (χ0v) is 13.7. The van der Waals surface area contributed by atoms with E-state index in [-0.39, 0.29) is 35.9 Å². The third-order valence-electron chi connectivity index (χ3n) is 3.78. The Labute approximate surface area is 151 Å². The number of anilines is 2. The lowest BCUT2D eigenvalue weighted by atomic mass is 10.1. The second-order valence-corrected chi connectivity index (χ2v) is 5.70. The lowest BCUT2D eigenvalue weighted by molar-refractivity contribution is -0.274. The number of hydrogen-bond acceptors (Lipinski definition) is 4. The standard InChI is InChI=1S/C18H13F3N2O4/c19-18(20,21)27-14-7-3-12(4-8-14)22-17(26)11-1-5-13(6-2-11)23-15(24)9-10-16(23)25/h1-8H,9-10H2,(H,22,26). The number of amides is 3. The van der Waals surface area contributed by atoms with E-state index in [4.69, 9.17) is 0 Å². The Kier molecular flexibility index (Phi) is 4.85. The van der Waals surface area contributed by atoms with Crippen LogP contribution in [0.2, 0.25) is 0 Å². The van der Waals surface area contributed by atoms with E-state index in [1.54, 1.807) is 0 Å². The fourth-order valence-corrected chi connectivity index (χ4v) is 2.57. The molecule has 0 radical (unpaired) electrons. The fourth-order valence-electron chi connectivity index (χ4n) is 2.57. The molecule has 3 amide bonds.